The number of nitriles is 1. The Bertz CT molecular complexity index is 938. The van der Waals surface area contributed by atoms with Gasteiger partial charge in [-0.15, -0.1) is 11.8 Å². The zero-order chi connectivity index (χ0) is 20.8. The molecular formula is C21H19ClFN3O2S. The van der Waals surface area contributed by atoms with Crippen molar-refractivity contribution in [1.82, 2.24) is 9.80 Å². The number of rotatable bonds is 5. The second-order valence-corrected chi connectivity index (χ2v) is 7.99. The summed E-state index contributed by atoms with van der Waals surface area (Å²) in [6, 6.07) is 13.1. The number of hydrogen-bond acceptors (Lipinski definition) is 4. The van der Waals surface area contributed by atoms with Crippen LogP contribution in [0.5, 0.6) is 0 Å². The summed E-state index contributed by atoms with van der Waals surface area (Å²) in [5.74, 6) is 0.352. The largest absolute Gasteiger partial charge is 0.338 e. The molecule has 0 atom stereocenters. The van der Waals surface area contributed by atoms with Crippen LogP contribution in [0.2, 0.25) is 5.02 Å². The molecule has 0 unspecified atom stereocenters. The van der Waals surface area contributed by atoms with Gasteiger partial charge in [0, 0.05) is 31.9 Å². The smallest absolute Gasteiger partial charge is 0.255 e. The summed E-state index contributed by atoms with van der Waals surface area (Å²) in [7, 11) is 0. The molecule has 150 valence electrons. The molecule has 1 aliphatic rings. The van der Waals surface area contributed by atoms with Gasteiger partial charge in [-0.3, -0.25) is 9.59 Å². The van der Waals surface area contributed by atoms with Crippen molar-refractivity contribution in [1.29, 1.82) is 5.26 Å². The first kappa shape index (κ1) is 21.2. The normalized spacial score (nSPS) is 13.8. The van der Waals surface area contributed by atoms with Gasteiger partial charge in [0.05, 0.1) is 28.0 Å². The third kappa shape index (κ3) is 5.49. The van der Waals surface area contributed by atoms with Crippen LogP contribution in [0.15, 0.2) is 42.5 Å². The van der Waals surface area contributed by atoms with Gasteiger partial charge in [0.2, 0.25) is 5.91 Å². The average Bonchev–Trinajstić information content (AvgIpc) is 2.74. The van der Waals surface area contributed by atoms with Crippen molar-refractivity contribution in [3.8, 4) is 6.07 Å². The van der Waals surface area contributed by atoms with Crippen LogP contribution in [0, 0.1) is 17.1 Å². The SMILES string of the molecule is N#Cc1ccc(CSCC(=O)N2CCN(C(=O)c3ccc(F)cc3Cl)CC2)cc1. The lowest BCUT2D eigenvalue weighted by molar-refractivity contribution is -0.129. The molecule has 0 saturated carbocycles. The van der Waals surface area contributed by atoms with Gasteiger partial charge in [0.15, 0.2) is 0 Å². The van der Waals surface area contributed by atoms with Crippen molar-refractivity contribution < 1.29 is 14.0 Å². The number of amides is 2. The minimum absolute atomic E-state index is 0.0376. The van der Waals surface area contributed by atoms with Gasteiger partial charge in [0.1, 0.15) is 5.82 Å². The van der Waals surface area contributed by atoms with Crippen LogP contribution in [0.4, 0.5) is 4.39 Å². The standard InChI is InChI=1S/C21H19ClFN3O2S/c22-19-11-17(23)5-6-18(19)21(28)26-9-7-25(8-10-26)20(27)14-29-13-16-3-1-15(12-24)2-4-16/h1-6,11H,7-10,13-14H2. The van der Waals surface area contributed by atoms with Gasteiger partial charge in [-0.05, 0) is 35.9 Å². The molecule has 5 nitrogen and oxygen atoms in total. The van der Waals surface area contributed by atoms with Crippen molar-refractivity contribution in [2.75, 3.05) is 31.9 Å². The lowest BCUT2D eigenvalue weighted by Crippen LogP contribution is -2.51. The van der Waals surface area contributed by atoms with Gasteiger partial charge >= 0.3 is 0 Å². The van der Waals surface area contributed by atoms with Crippen molar-refractivity contribution in [3.05, 3.63) is 70.0 Å². The van der Waals surface area contributed by atoms with Gasteiger partial charge in [-0.1, -0.05) is 23.7 Å². The fourth-order valence-corrected chi connectivity index (χ4v) is 4.15. The fraction of sp³-hybridized carbons (Fsp3) is 0.286. The molecule has 1 saturated heterocycles. The predicted molar refractivity (Wildman–Crippen MR) is 111 cm³/mol. The topological polar surface area (TPSA) is 64.4 Å². The Kier molecular flexibility index (Phi) is 7.13. The summed E-state index contributed by atoms with van der Waals surface area (Å²) in [5.41, 5.74) is 1.95. The highest BCUT2D eigenvalue weighted by Crippen LogP contribution is 2.20. The quantitative estimate of drug-likeness (QED) is 0.726. The van der Waals surface area contributed by atoms with E-state index in [2.05, 4.69) is 6.07 Å². The van der Waals surface area contributed by atoms with E-state index < -0.39 is 5.82 Å². The summed E-state index contributed by atoms with van der Waals surface area (Å²) in [6.07, 6.45) is 0. The number of thioether (sulfide) groups is 1. The molecule has 0 aliphatic carbocycles. The number of piperazine rings is 1. The molecule has 2 aromatic carbocycles. The molecule has 0 bridgehead atoms. The van der Waals surface area contributed by atoms with E-state index in [-0.39, 0.29) is 22.4 Å². The molecular weight excluding hydrogens is 413 g/mol. The lowest BCUT2D eigenvalue weighted by Gasteiger charge is -2.35. The Balaban J connectivity index is 1.45. The predicted octanol–water partition coefficient (Wildman–Crippen LogP) is 3.57. The maximum absolute atomic E-state index is 13.2. The second-order valence-electron chi connectivity index (χ2n) is 6.60. The molecule has 0 N–H and O–H groups in total. The van der Waals surface area contributed by atoms with E-state index in [1.165, 1.54) is 23.9 Å². The van der Waals surface area contributed by atoms with Crippen LogP contribution in [0.25, 0.3) is 0 Å². The first-order valence-electron chi connectivity index (χ1n) is 9.07. The highest BCUT2D eigenvalue weighted by molar-refractivity contribution is 7.99. The Morgan fingerprint density at radius 3 is 2.34 bits per heavy atom. The first-order valence-corrected chi connectivity index (χ1v) is 10.6. The van der Waals surface area contributed by atoms with Gasteiger partial charge in [-0.2, -0.15) is 5.26 Å². The molecule has 0 aromatic heterocycles. The van der Waals surface area contributed by atoms with Gasteiger partial charge < -0.3 is 9.80 Å². The fourth-order valence-electron chi connectivity index (χ4n) is 3.02. The molecule has 0 radical (unpaired) electrons. The lowest BCUT2D eigenvalue weighted by atomic mass is 10.1. The Labute approximate surface area is 178 Å². The molecule has 0 spiro atoms. The Morgan fingerprint density at radius 2 is 1.72 bits per heavy atom. The first-order chi connectivity index (χ1) is 14.0. The zero-order valence-corrected chi connectivity index (χ0v) is 17.2. The molecule has 2 aromatic rings. The Hall–Kier alpha value is -2.56. The van der Waals surface area contributed by atoms with Crippen LogP contribution in [-0.2, 0) is 10.5 Å². The van der Waals surface area contributed by atoms with Crippen LogP contribution < -0.4 is 0 Å². The zero-order valence-electron chi connectivity index (χ0n) is 15.6. The minimum Gasteiger partial charge on any atom is -0.338 e. The third-order valence-electron chi connectivity index (χ3n) is 4.66. The Morgan fingerprint density at radius 1 is 1.07 bits per heavy atom. The number of carbonyl (C=O) groups excluding carboxylic acids is 2. The van der Waals surface area contributed by atoms with Gasteiger partial charge in [-0.25, -0.2) is 4.39 Å². The van der Waals surface area contributed by atoms with E-state index in [9.17, 15) is 14.0 Å². The third-order valence-corrected chi connectivity index (χ3v) is 5.96. The summed E-state index contributed by atoms with van der Waals surface area (Å²) in [6.45, 7) is 1.75. The highest BCUT2D eigenvalue weighted by atomic mass is 35.5. The molecule has 1 aliphatic heterocycles. The van der Waals surface area contributed by atoms with Crippen LogP contribution in [0.1, 0.15) is 21.5 Å². The number of nitrogens with zero attached hydrogens (tertiary/aromatic N) is 3. The maximum atomic E-state index is 13.2. The average molecular weight is 432 g/mol. The summed E-state index contributed by atoms with van der Waals surface area (Å²) < 4.78 is 13.2. The van der Waals surface area contributed by atoms with Crippen molar-refractivity contribution >= 4 is 35.2 Å². The van der Waals surface area contributed by atoms with Gasteiger partial charge in [0.25, 0.3) is 5.91 Å². The second kappa shape index (κ2) is 9.77. The molecule has 29 heavy (non-hydrogen) atoms. The van der Waals surface area contributed by atoms with Crippen LogP contribution in [-0.4, -0.2) is 53.5 Å². The minimum atomic E-state index is -0.486. The number of hydrogen-bond donors (Lipinski definition) is 0. The molecule has 2 amide bonds. The molecule has 1 heterocycles. The van der Waals surface area contributed by atoms with E-state index in [1.54, 1.807) is 21.9 Å². The number of carbonyl (C=O) groups is 2. The summed E-state index contributed by atoms with van der Waals surface area (Å²) >= 11 is 7.50. The van der Waals surface area contributed by atoms with E-state index in [1.807, 2.05) is 12.1 Å². The highest BCUT2D eigenvalue weighted by Gasteiger charge is 2.25. The van der Waals surface area contributed by atoms with E-state index >= 15 is 0 Å². The molecule has 3 rings (SSSR count). The van der Waals surface area contributed by atoms with Crippen LogP contribution in [0.3, 0.4) is 0 Å². The van der Waals surface area contributed by atoms with E-state index in [0.717, 1.165) is 11.6 Å². The summed E-state index contributed by atoms with van der Waals surface area (Å²) in [4.78, 5) is 28.4. The van der Waals surface area contributed by atoms with E-state index in [0.29, 0.717) is 43.2 Å². The monoisotopic (exact) mass is 431 g/mol. The maximum Gasteiger partial charge on any atom is 0.255 e. The van der Waals surface area contributed by atoms with Crippen molar-refractivity contribution in [2.45, 2.75) is 5.75 Å². The molecule has 8 heteroatoms. The number of benzene rings is 2. The van der Waals surface area contributed by atoms with Crippen molar-refractivity contribution in [2.24, 2.45) is 0 Å². The van der Waals surface area contributed by atoms with Crippen LogP contribution >= 0.6 is 23.4 Å². The number of halogens is 2. The van der Waals surface area contributed by atoms with E-state index in [4.69, 9.17) is 16.9 Å². The summed E-state index contributed by atoms with van der Waals surface area (Å²) in [5, 5.41) is 8.90. The molecule has 1 fully saturated rings. The van der Waals surface area contributed by atoms with Crippen molar-refractivity contribution in [3.63, 3.8) is 0 Å².